The van der Waals surface area contributed by atoms with Gasteiger partial charge in [0.25, 0.3) is 5.91 Å². The highest BCUT2D eigenvalue weighted by molar-refractivity contribution is 5.95. The molecule has 2 fully saturated rings. The van der Waals surface area contributed by atoms with Crippen molar-refractivity contribution in [3.63, 3.8) is 0 Å². The van der Waals surface area contributed by atoms with Gasteiger partial charge >= 0.3 is 0 Å². The highest BCUT2D eigenvalue weighted by Crippen LogP contribution is 2.44. The average molecular weight is 483 g/mol. The van der Waals surface area contributed by atoms with Gasteiger partial charge in [0.2, 0.25) is 11.7 Å². The SMILES string of the molecule is COc1cccc(C(=O)N2C[C@H](c3cc(OC)c(OC)c(OC)c3)[C@H](C(=O)N3CCCCC3)C2)c1. The number of amides is 2. The van der Waals surface area contributed by atoms with E-state index in [4.69, 9.17) is 18.9 Å². The van der Waals surface area contributed by atoms with Crippen molar-refractivity contribution in [2.75, 3.05) is 54.6 Å². The largest absolute Gasteiger partial charge is 0.497 e. The molecule has 2 atom stereocenters. The van der Waals surface area contributed by atoms with Crippen LogP contribution in [-0.4, -0.2) is 76.2 Å². The van der Waals surface area contributed by atoms with Crippen LogP contribution in [0.2, 0.25) is 0 Å². The van der Waals surface area contributed by atoms with E-state index in [0.717, 1.165) is 37.9 Å². The summed E-state index contributed by atoms with van der Waals surface area (Å²) in [6.45, 7) is 2.30. The zero-order valence-corrected chi connectivity index (χ0v) is 20.9. The molecule has 0 unspecified atom stereocenters. The van der Waals surface area contributed by atoms with Gasteiger partial charge in [-0.3, -0.25) is 9.59 Å². The fraction of sp³-hybridized carbons (Fsp3) is 0.481. The molecule has 188 valence electrons. The van der Waals surface area contributed by atoms with Crippen molar-refractivity contribution in [1.82, 2.24) is 9.80 Å². The lowest BCUT2D eigenvalue weighted by atomic mass is 9.87. The van der Waals surface area contributed by atoms with Crippen LogP contribution in [-0.2, 0) is 4.79 Å². The summed E-state index contributed by atoms with van der Waals surface area (Å²) in [6.07, 6.45) is 3.17. The number of methoxy groups -OCH3 is 4. The number of likely N-dealkylation sites (tertiary alicyclic amines) is 2. The molecule has 2 amide bonds. The average Bonchev–Trinajstić information content (AvgIpc) is 3.37. The Kier molecular flexibility index (Phi) is 7.68. The minimum absolute atomic E-state index is 0.101. The molecule has 0 saturated carbocycles. The molecule has 0 spiro atoms. The number of benzene rings is 2. The standard InChI is InChI=1S/C27H34N2O6/c1-32-20-10-8-9-18(13-20)26(30)29-16-21(22(17-29)27(31)28-11-6-5-7-12-28)19-14-23(33-2)25(35-4)24(15-19)34-3/h8-10,13-15,21-22H,5-7,11-12,16-17H2,1-4H3/t21-,22-/m1/s1. The third-order valence-electron chi connectivity index (χ3n) is 7.02. The van der Waals surface area contributed by atoms with E-state index >= 15 is 0 Å². The predicted octanol–water partition coefficient (Wildman–Crippen LogP) is 3.59. The summed E-state index contributed by atoms with van der Waals surface area (Å²) in [4.78, 5) is 30.9. The number of rotatable bonds is 7. The molecule has 2 aliphatic rings. The van der Waals surface area contributed by atoms with Crippen LogP contribution in [0.5, 0.6) is 23.0 Å². The third-order valence-corrected chi connectivity index (χ3v) is 7.02. The summed E-state index contributed by atoms with van der Waals surface area (Å²) in [7, 11) is 6.29. The fourth-order valence-corrected chi connectivity index (χ4v) is 5.16. The zero-order chi connectivity index (χ0) is 24.9. The van der Waals surface area contributed by atoms with Gasteiger partial charge in [-0.1, -0.05) is 6.07 Å². The van der Waals surface area contributed by atoms with E-state index in [2.05, 4.69) is 0 Å². The first-order valence-electron chi connectivity index (χ1n) is 12.0. The topological polar surface area (TPSA) is 77.5 Å². The molecule has 2 aromatic rings. The van der Waals surface area contributed by atoms with E-state index in [0.29, 0.717) is 41.7 Å². The number of nitrogens with zero attached hydrogens (tertiary/aromatic N) is 2. The van der Waals surface area contributed by atoms with Crippen LogP contribution in [0.4, 0.5) is 0 Å². The van der Waals surface area contributed by atoms with Gasteiger partial charge < -0.3 is 28.7 Å². The molecule has 0 bridgehead atoms. The Bertz CT molecular complexity index is 1040. The van der Waals surface area contributed by atoms with Crippen molar-refractivity contribution in [3.8, 4) is 23.0 Å². The van der Waals surface area contributed by atoms with Crippen molar-refractivity contribution < 1.29 is 28.5 Å². The number of hydrogen-bond donors (Lipinski definition) is 0. The molecule has 0 radical (unpaired) electrons. The van der Waals surface area contributed by atoms with Crippen LogP contribution >= 0.6 is 0 Å². The van der Waals surface area contributed by atoms with Crippen molar-refractivity contribution in [1.29, 1.82) is 0 Å². The van der Waals surface area contributed by atoms with E-state index in [1.165, 1.54) is 0 Å². The first-order chi connectivity index (χ1) is 17.0. The molecule has 8 nitrogen and oxygen atoms in total. The van der Waals surface area contributed by atoms with Gasteiger partial charge in [-0.15, -0.1) is 0 Å². The molecule has 0 aliphatic carbocycles. The van der Waals surface area contributed by atoms with Gasteiger partial charge in [0, 0.05) is 37.7 Å². The second kappa shape index (κ2) is 10.9. The van der Waals surface area contributed by atoms with Crippen LogP contribution in [0.15, 0.2) is 36.4 Å². The molecule has 8 heteroatoms. The second-order valence-corrected chi connectivity index (χ2v) is 9.00. The number of hydrogen-bond acceptors (Lipinski definition) is 6. The number of carbonyl (C=O) groups excluding carboxylic acids is 2. The summed E-state index contributed by atoms with van der Waals surface area (Å²) in [5.41, 5.74) is 1.43. The van der Waals surface area contributed by atoms with Crippen molar-refractivity contribution >= 4 is 11.8 Å². The van der Waals surface area contributed by atoms with Crippen molar-refractivity contribution in [2.45, 2.75) is 25.2 Å². The zero-order valence-electron chi connectivity index (χ0n) is 20.9. The lowest BCUT2D eigenvalue weighted by Gasteiger charge is -2.31. The highest BCUT2D eigenvalue weighted by Gasteiger charge is 2.43. The molecule has 0 N–H and O–H groups in total. The minimum atomic E-state index is -0.356. The maximum absolute atomic E-state index is 13.7. The monoisotopic (exact) mass is 482 g/mol. The maximum atomic E-state index is 13.7. The Morgan fingerprint density at radius 1 is 0.800 bits per heavy atom. The summed E-state index contributed by atoms with van der Waals surface area (Å²) < 4.78 is 21.9. The Morgan fingerprint density at radius 2 is 1.49 bits per heavy atom. The van der Waals surface area contributed by atoms with Crippen LogP contribution in [0.3, 0.4) is 0 Å². The third kappa shape index (κ3) is 5.01. The molecule has 2 aromatic carbocycles. The van der Waals surface area contributed by atoms with Gasteiger partial charge in [0.1, 0.15) is 5.75 Å². The van der Waals surface area contributed by atoms with E-state index in [1.807, 2.05) is 23.1 Å². The van der Waals surface area contributed by atoms with Gasteiger partial charge in [-0.05, 0) is 55.2 Å². The molecule has 2 aliphatic heterocycles. The lowest BCUT2D eigenvalue weighted by molar-refractivity contribution is -0.136. The molecule has 2 saturated heterocycles. The van der Waals surface area contributed by atoms with Crippen molar-refractivity contribution in [2.24, 2.45) is 5.92 Å². The molecule has 0 aromatic heterocycles. The minimum Gasteiger partial charge on any atom is -0.497 e. The molecule has 35 heavy (non-hydrogen) atoms. The molecular weight excluding hydrogens is 448 g/mol. The second-order valence-electron chi connectivity index (χ2n) is 9.00. The quantitative estimate of drug-likeness (QED) is 0.600. The van der Waals surface area contributed by atoms with E-state index in [-0.39, 0.29) is 23.7 Å². The van der Waals surface area contributed by atoms with E-state index < -0.39 is 0 Å². The normalized spacial score (nSPS) is 19.9. The maximum Gasteiger partial charge on any atom is 0.254 e. The Labute approximate surface area is 206 Å². The first-order valence-corrected chi connectivity index (χ1v) is 12.0. The molecule has 2 heterocycles. The number of carbonyl (C=O) groups is 2. The van der Waals surface area contributed by atoms with E-state index in [9.17, 15) is 9.59 Å². The van der Waals surface area contributed by atoms with Gasteiger partial charge in [-0.2, -0.15) is 0 Å². The van der Waals surface area contributed by atoms with Gasteiger partial charge in [0.15, 0.2) is 11.5 Å². The fourth-order valence-electron chi connectivity index (χ4n) is 5.16. The first kappa shape index (κ1) is 24.7. The Balaban J connectivity index is 1.69. The van der Waals surface area contributed by atoms with Crippen LogP contribution in [0.1, 0.15) is 41.1 Å². The lowest BCUT2D eigenvalue weighted by Crippen LogP contribution is -2.42. The summed E-state index contributed by atoms with van der Waals surface area (Å²) in [5, 5.41) is 0. The van der Waals surface area contributed by atoms with Crippen LogP contribution < -0.4 is 18.9 Å². The Morgan fingerprint density at radius 3 is 2.09 bits per heavy atom. The van der Waals surface area contributed by atoms with Gasteiger partial charge in [0.05, 0.1) is 34.4 Å². The van der Waals surface area contributed by atoms with E-state index in [1.54, 1.807) is 51.5 Å². The number of ether oxygens (including phenoxy) is 4. The Hall–Kier alpha value is -3.42. The number of piperidine rings is 1. The molecular formula is C27H34N2O6. The highest BCUT2D eigenvalue weighted by atomic mass is 16.5. The van der Waals surface area contributed by atoms with Crippen LogP contribution in [0, 0.1) is 5.92 Å². The van der Waals surface area contributed by atoms with Crippen molar-refractivity contribution in [3.05, 3.63) is 47.5 Å². The van der Waals surface area contributed by atoms with Crippen LogP contribution in [0.25, 0.3) is 0 Å². The predicted molar refractivity (Wildman–Crippen MR) is 132 cm³/mol. The summed E-state index contributed by atoms with van der Waals surface area (Å²) >= 11 is 0. The summed E-state index contributed by atoms with van der Waals surface area (Å²) in [5.74, 6) is 1.61. The smallest absolute Gasteiger partial charge is 0.254 e. The summed E-state index contributed by atoms with van der Waals surface area (Å²) in [6, 6.07) is 10.9. The molecule has 4 rings (SSSR count). The van der Waals surface area contributed by atoms with Gasteiger partial charge in [-0.25, -0.2) is 0 Å².